The lowest BCUT2D eigenvalue weighted by atomic mass is 9.73. The average Bonchev–Trinajstić information content (AvgIpc) is 2.83. The van der Waals surface area contributed by atoms with Crippen molar-refractivity contribution in [2.45, 2.75) is 65.1 Å². The minimum absolute atomic E-state index is 0.0207. The van der Waals surface area contributed by atoms with E-state index in [0.717, 1.165) is 25.8 Å². The molecule has 0 unspecified atom stereocenters. The number of hydrogen-bond acceptors (Lipinski definition) is 5. The largest absolute Gasteiger partial charge is 0.466 e. The summed E-state index contributed by atoms with van der Waals surface area (Å²) in [5.74, 6) is -0.876. The van der Waals surface area contributed by atoms with Crippen LogP contribution in [0.15, 0.2) is 60.7 Å². The van der Waals surface area contributed by atoms with Gasteiger partial charge in [0.05, 0.1) is 19.1 Å². The maximum atomic E-state index is 13.3. The Bertz CT molecular complexity index is 870. The minimum atomic E-state index is -0.363. The first-order valence-electron chi connectivity index (χ1n) is 12.2. The first kappa shape index (κ1) is 25.0. The monoisotopic (exact) mass is 451 g/mol. The molecular formula is C28H37NO4. The summed E-state index contributed by atoms with van der Waals surface area (Å²) < 4.78 is 10.8. The van der Waals surface area contributed by atoms with Gasteiger partial charge < -0.3 is 9.47 Å². The van der Waals surface area contributed by atoms with Crippen molar-refractivity contribution in [1.29, 1.82) is 0 Å². The lowest BCUT2D eigenvalue weighted by Gasteiger charge is -2.45. The maximum Gasteiger partial charge on any atom is 0.310 e. The van der Waals surface area contributed by atoms with Gasteiger partial charge in [0.1, 0.15) is 0 Å². The number of nitrogens with zero attached hydrogens (tertiary/aromatic N) is 1. The summed E-state index contributed by atoms with van der Waals surface area (Å²) in [6.45, 7) is 7.27. The van der Waals surface area contributed by atoms with Crippen molar-refractivity contribution >= 4 is 11.9 Å². The van der Waals surface area contributed by atoms with Crippen LogP contribution in [0.1, 0.15) is 63.6 Å². The maximum absolute atomic E-state index is 13.3. The summed E-state index contributed by atoms with van der Waals surface area (Å²) >= 11 is 0. The van der Waals surface area contributed by atoms with Gasteiger partial charge in [0.15, 0.2) is 0 Å². The van der Waals surface area contributed by atoms with Gasteiger partial charge >= 0.3 is 11.9 Å². The third kappa shape index (κ3) is 6.67. The molecule has 1 aliphatic rings. The summed E-state index contributed by atoms with van der Waals surface area (Å²) in [5.41, 5.74) is 2.42. The Balaban J connectivity index is 1.96. The number of ether oxygens (including phenoxy) is 2. The van der Waals surface area contributed by atoms with Gasteiger partial charge in [-0.05, 0) is 50.7 Å². The Morgan fingerprint density at radius 2 is 1.58 bits per heavy atom. The molecule has 0 spiro atoms. The Labute approximate surface area is 198 Å². The molecular weight excluding hydrogens is 414 g/mol. The molecule has 1 fully saturated rings. The predicted octanol–water partition coefficient (Wildman–Crippen LogP) is 5.55. The molecule has 5 nitrogen and oxygen atoms in total. The third-order valence-electron chi connectivity index (χ3n) is 6.70. The molecule has 0 N–H and O–H groups in total. The van der Waals surface area contributed by atoms with E-state index < -0.39 is 0 Å². The van der Waals surface area contributed by atoms with E-state index in [1.54, 1.807) is 0 Å². The van der Waals surface area contributed by atoms with Crippen molar-refractivity contribution in [3.8, 4) is 0 Å². The van der Waals surface area contributed by atoms with Gasteiger partial charge in [0.2, 0.25) is 0 Å². The zero-order valence-electron chi connectivity index (χ0n) is 20.1. The number of carbonyl (C=O) groups is 2. The van der Waals surface area contributed by atoms with Gasteiger partial charge in [-0.1, -0.05) is 67.1 Å². The standard InChI is InChI=1S/C28H37NO4/c1-4-32-26(30)19-24-17-12-18-25(27(24)28(31)33-5-2)29(20-22-13-8-6-9-14-22)21(3)23-15-10-7-11-16-23/h6-11,13-16,21,24-25,27H,4-5,12,17-20H2,1-3H3/t21-,24-,25-,27-/m0/s1. The summed E-state index contributed by atoms with van der Waals surface area (Å²) in [6, 6.07) is 20.9. The second-order valence-electron chi connectivity index (χ2n) is 8.79. The molecule has 33 heavy (non-hydrogen) atoms. The Hall–Kier alpha value is -2.66. The highest BCUT2D eigenvalue weighted by Crippen LogP contribution is 2.40. The Kier molecular flexibility index (Phi) is 9.49. The zero-order chi connectivity index (χ0) is 23.6. The van der Waals surface area contributed by atoms with E-state index in [2.05, 4.69) is 48.2 Å². The molecule has 0 aliphatic heterocycles. The van der Waals surface area contributed by atoms with Crippen LogP contribution in [0.4, 0.5) is 0 Å². The molecule has 0 amide bonds. The Morgan fingerprint density at radius 1 is 0.939 bits per heavy atom. The first-order valence-corrected chi connectivity index (χ1v) is 12.2. The molecule has 0 bridgehead atoms. The van der Waals surface area contributed by atoms with Crippen molar-refractivity contribution in [2.24, 2.45) is 11.8 Å². The number of esters is 2. The van der Waals surface area contributed by atoms with Gasteiger partial charge in [-0.15, -0.1) is 0 Å². The lowest BCUT2D eigenvalue weighted by Crippen LogP contribution is -2.50. The smallest absolute Gasteiger partial charge is 0.310 e. The predicted molar refractivity (Wildman–Crippen MR) is 129 cm³/mol. The molecule has 0 radical (unpaired) electrons. The molecule has 178 valence electrons. The fourth-order valence-electron chi connectivity index (χ4n) is 5.14. The second-order valence-corrected chi connectivity index (χ2v) is 8.79. The molecule has 4 atom stereocenters. The topological polar surface area (TPSA) is 55.8 Å². The first-order chi connectivity index (χ1) is 16.0. The normalized spacial score (nSPS) is 21.4. The van der Waals surface area contributed by atoms with Crippen LogP contribution in [0.25, 0.3) is 0 Å². The number of carbonyl (C=O) groups excluding carboxylic acids is 2. The minimum Gasteiger partial charge on any atom is -0.466 e. The summed E-state index contributed by atoms with van der Waals surface area (Å²) in [4.78, 5) is 28.1. The van der Waals surface area contributed by atoms with Crippen molar-refractivity contribution in [1.82, 2.24) is 4.90 Å². The molecule has 2 aromatic rings. The van der Waals surface area contributed by atoms with Crippen molar-refractivity contribution in [2.75, 3.05) is 13.2 Å². The zero-order valence-corrected chi connectivity index (χ0v) is 20.1. The second kappa shape index (κ2) is 12.5. The fourth-order valence-corrected chi connectivity index (χ4v) is 5.14. The molecule has 3 rings (SSSR count). The lowest BCUT2D eigenvalue weighted by molar-refractivity contribution is -0.158. The van der Waals surface area contributed by atoms with Crippen LogP contribution in [0.5, 0.6) is 0 Å². The van der Waals surface area contributed by atoms with Gasteiger partial charge in [-0.2, -0.15) is 0 Å². The van der Waals surface area contributed by atoms with Crippen LogP contribution in [-0.2, 0) is 25.6 Å². The highest BCUT2D eigenvalue weighted by molar-refractivity contribution is 5.76. The van der Waals surface area contributed by atoms with Crippen LogP contribution in [0.2, 0.25) is 0 Å². The molecule has 1 aliphatic carbocycles. The molecule has 1 saturated carbocycles. The van der Waals surface area contributed by atoms with Gasteiger partial charge in [-0.3, -0.25) is 14.5 Å². The molecule has 5 heteroatoms. The molecule has 0 aromatic heterocycles. The SMILES string of the molecule is CCOC(=O)C[C@@H]1CCC[C@H](N(Cc2ccccc2)[C@@H](C)c2ccccc2)[C@H]1C(=O)OCC. The van der Waals surface area contributed by atoms with E-state index in [1.165, 1.54) is 11.1 Å². The van der Waals surface area contributed by atoms with Crippen LogP contribution in [0.3, 0.4) is 0 Å². The summed E-state index contributed by atoms with van der Waals surface area (Å²) in [5, 5.41) is 0. The van der Waals surface area contributed by atoms with Crippen LogP contribution >= 0.6 is 0 Å². The highest BCUT2D eigenvalue weighted by Gasteiger charge is 2.44. The van der Waals surface area contributed by atoms with Crippen molar-refractivity contribution in [3.63, 3.8) is 0 Å². The van der Waals surface area contributed by atoms with Gasteiger partial charge in [0.25, 0.3) is 0 Å². The fraction of sp³-hybridized carbons (Fsp3) is 0.500. The average molecular weight is 452 g/mol. The quantitative estimate of drug-likeness (QED) is 0.443. The summed E-state index contributed by atoms with van der Waals surface area (Å²) in [7, 11) is 0. The Morgan fingerprint density at radius 3 is 2.21 bits per heavy atom. The third-order valence-corrected chi connectivity index (χ3v) is 6.70. The van der Waals surface area contributed by atoms with Crippen LogP contribution in [-0.4, -0.2) is 36.1 Å². The van der Waals surface area contributed by atoms with E-state index in [1.807, 2.05) is 38.1 Å². The van der Waals surface area contributed by atoms with Crippen LogP contribution < -0.4 is 0 Å². The molecule has 0 heterocycles. The van der Waals surface area contributed by atoms with Crippen molar-refractivity contribution in [3.05, 3.63) is 71.8 Å². The van der Waals surface area contributed by atoms with Crippen LogP contribution in [0, 0.1) is 11.8 Å². The highest BCUT2D eigenvalue weighted by atomic mass is 16.5. The number of rotatable bonds is 10. The number of hydrogen-bond donors (Lipinski definition) is 0. The van der Waals surface area contributed by atoms with E-state index in [-0.39, 0.29) is 42.3 Å². The molecule has 2 aromatic carbocycles. The summed E-state index contributed by atoms with van der Waals surface area (Å²) in [6.07, 6.45) is 2.95. The number of benzene rings is 2. The van der Waals surface area contributed by atoms with E-state index in [9.17, 15) is 9.59 Å². The van der Waals surface area contributed by atoms with Crippen molar-refractivity contribution < 1.29 is 19.1 Å². The van der Waals surface area contributed by atoms with Gasteiger partial charge in [0, 0.05) is 25.0 Å². The van der Waals surface area contributed by atoms with Gasteiger partial charge in [-0.25, -0.2) is 0 Å². The van der Waals surface area contributed by atoms with E-state index in [0.29, 0.717) is 13.2 Å². The van der Waals surface area contributed by atoms with E-state index in [4.69, 9.17) is 9.47 Å². The molecule has 0 saturated heterocycles. The van der Waals surface area contributed by atoms with E-state index >= 15 is 0 Å².